The molecule has 3 aliphatic carbocycles. The zero-order valence-corrected chi connectivity index (χ0v) is 22.7. The molecule has 0 spiro atoms. The summed E-state index contributed by atoms with van der Waals surface area (Å²) < 4.78 is 14.2. The van der Waals surface area contributed by atoms with Gasteiger partial charge < -0.3 is 15.3 Å². The van der Waals surface area contributed by atoms with Gasteiger partial charge in [-0.05, 0) is 106 Å². The topological polar surface area (TPSA) is 60.7 Å². The lowest BCUT2D eigenvalue weighted by Gasteiger charge is -2.45. The Morgan fingerprint density at radius 2 is 1.89 bits per heavy atom. The monoisotopic (exact) mass is 490 g/mol. The molecule has 3 saturated carbocycles. The number of allylic oxidation sites excluding steroid dienone is 4. The number of aliphatic hydroxyl groups is 3. The van der Waals surface area contributed by atoms with Crippen molar-refractivity contribution in [1.29, 1.82) is 0 Å². The summed E-state index contributed by atoms with van der Waals surface area (Å²) in [7, 11) is 0. The highest BCUT2D eigenvalue weighted by Crippen LogP contribution is 2.60. The van der Waals surface area contributed by atoms with Crippen molar-refractivity contribution in [1.82, 2.24) is 0 Å². The Kier molecular flexibility index (Phi) is 9.85. The minimum atomic E-state index is -1.14. The van der Waals surface area contributed by atoms with Crippen LogP contribution >= 0.6 is 0 Å². The van der Waals surface area contributed by atoms with Gasteiger partial charge in [-0.3, -0.25) is 0 Å². The Morgan fingerprint density at radius 1 is 1.17 bits per heavy atom. The maximum Gasteiger partial charge on any atom is 0.127 e. The van der Waals surface area contributed by atoms with Crippen molar-refractivity contribution in [2.75, 3.05) is 0 Å². The van der Waals surface area contributed by atoms with Crippen LogP contribution in [0.2, 0.25) is 0 Å². The fourth-order valence-corrected chi connectivity index (χ4v) is 7.51. The molecule has 3 rings (SSSR count). The summed E-state index contributed by atoms with van der Waals surface area (Å²) in [5.74, 6) is 1.86. The largest absolute Gasteiger partial charge is 0.393 e. The van der Waals surface area contributed by atoms with E-state index < -0.39 is 17.9 Å². The zero-order valence-electron chi connectivity index (χ0n) is 22.7. The first-order valence-corrected chi connectivity index (χ1v) is 14.2. The quantitative estimate of drug-likeness (QED) is 0.303. The molecule has 3 unspecified atom stereocenters. The third-order valence-corrected chi connectivity index (χ3v) is 9.39. The highest BCUT2D eigenvalue weighted by atomic mass is 19.1. The number of hydrogen-bond acceptors (Lipinski definition) is 3. The van der Waals surface area contributed by atoms with Crippen molar-refractivity contribution in [3.05, 3.63) is 35.5 Å². The molecule has 0 aliphatic heterocycles. The fourth-order valence-electron chi connectivity index (χ4n) is 7.51. The number of aliphatic hydroxyl groups excluding tert-OH is 2. The summed E-state index contributed by atoms with van der Waals surface area (Å²) in [5, 5.41) is 30.1. The smallest absolute Gasteiger partial charge is 0.127 e. The van der Waals surface area contributed by atoms with Crippen LogP contribution in [0, 0.1) is 23.2 Å². The molecule has 0 saturated heterocycles. The molecule has 3 fully saturated rings. The first-order chi connectivity index (χ1) is 16.4. The van der Waals surface area contributed by atoms with Crippen LogP contribution in [0.5, 0.6) is 0 Å². The maximum absolute atomic E-state index is 14.2. The second-order valence-corrected chi connectivity index (χ2v) is 12.9. The molecule has 200 valence electrons. The van der Waals surface area contributed by atoms with Crippen molar-refractivity contribution in [2.45, 2.75) is 135 Å². The third-order valence-electron chi connectivity index (χ3n) is 9.39. The molecule has 0 amide bonds. The van der Waals surface area contributed by atoms with Gasteiger partial charge in [0.2, 0.25) is 0 Å². The summed E-state index contributed by atoms with van der Waals surface area (Å²) in [5.41, 5.74) is 2.57. The van der Waals surface area contributed by atoms with Crippen molar-refractivity contribution >= 4 is 0 Å². The van der Waals surface area contributed by atoms with Crippen LogP contribution in [-0.2, 0) is 0 Å². The molecule has 0 heterocycles. The minimum absolute atomic E-state index is 0.166. The van der Waals surface area contributed by atoms with Crippen LogP contribution in [0.4, 0.5) is 4.39 Å². The first-order valence-electron chi connectivity index (χ1n) is 14.2. The van der Waals surface area contributed by atoms with Crippen LogP contribution in [0.1, 0.15) is 111 Å². The van der Waals surface area contributed by atoms with E-state index in [0.717, 1.165) is 50.5 Å². The zero-order chi connectivity index (χ0) is 25.8. The van der Waals surface area contributed by atoms with Crippen molar-refractivity contribution in [3.8, 4) is 0 Å². The summed E-state index contributed by atoms with van der Waals surface area (Å²) in [4.78, 5) is 0. The highest BCUT2D eigenvalue weighted by molar-refractivity contribution is 5.38. The van der Waals surface area contributed by atoms with Gasteiger partial charge in [0.25, 0.3) is 0 Å². The number of rotatable bonds is 10. The van der Waals surface area contributed by atoms with Gasteiger partial charge in [0.1, 0.15) is 6.17 Å². The molecule has 35 heavy (non-hydrogen) atoms. The van der Waals surface area contributed by atoms with E-state index in [1.54, 1.807) is 0 Å². The summed E-state index contributed by atoms with van der Waals surface area (Å²) in [6, 6.07) is 0. The normalized spacial score (nSPS) is 35.9. The van der Waals surface area contributed by atoms with E-state index in [1.807, 2.05) is 20.8 Å². The lowest BCUT2D eigenvalue weighted by molar-refractivity contribution is 0.0548. The Morgan fingerprint density at radius 3 is 2.57 bits per heavy atom. The Labute approximate surface area is 213 Å². The average molecular weight is 491 g/mol. The van der Waals surface area contributed by atoms with Crippen LogP contribution in [0.3, 0.4) is 0 Å². The van der Waals surface area contributed by atoms with E-state index in [1.165, 1.54) is 31.3 Å². The Hall–Kier alpha value is -0.970. The van der Waals surface area contributed by atoms with Gasteiger partial charge >= 0.3 is 0 Å². The molecule has 3 nitrogen and oxygen atoms in total. The number of fused-ring (bicyclic) bond motifs is 1. The molecule has 3 N–H and O–H groups in total. The van der Waals surface area contributed by atoms with E-state index in [2.05, 4.69) is 25.7 Å². The lowest BCUT2D eigenvalue weighted by atomic mass is 9.60. The SMILES string of the molecule is C=C1/C(=C\C=C2/CCC[C@@]3(C)C2CC[C@@H]3C(CCCC(C)O)CCCC(C)(C)O)C[C@@H](O)C[C@@H]1F. The third kappa shape index (κ3) is 7.52. The Bertz CT molecular complexity index is 777. The van der Waals surface area contributed by atoms with Crippen LogP contribution in [0.25, 0.3) is 0 Å². The molecule has 4 heteroatoms. The van der Waals surface area contributed by atoms with E-state index >= 15 is 0 Å². The molecular weight excluding hydrogens is 439 g/mol. The van der Waals surface area contributed by atoms with E-state index in [0.29, 0.717) is 29.7 Å². The number of alkyl halides is 1. The van der Waals surface area contributed by atoms with Crippen molar-refractivity contribution in [2.24, 2.45) is 23.2 Å². The summed E-state index contributed by atoms with van der Waals surface area (Å²) >= 11 is 0. The maximum atomic E-state index is 14.2. The Balaban J connectivity index is 1.76. The molecule has 3 aliphatic rings. The van der Waals surface area contributed by atoms with E-state index in [-0.39, 0.29) is 17.9 Å². The van der Waals surface area contributed by atoms with Crippen LogP contribution in [-0.4, -0.2) is 39.3 Å². The predicted molar refractivity (Wildman–Crippen MR) is 143 cm³/mol. The average Bonchev–Trinajstić information content (AvgIpc) is 3.10. The molecule has 0 aromatic heterocycles. The van der Waals surface area contributed by atoms with E-state index in [9.17, 15) is 19.7 Å². The number of hydrogen-bond donors (Lipinski definition) is 3. The molecule has 0 bridgehead atoms. The van der Waals surface area contributed by atoms with Crippen LogP contribution in [0.15, 0.2) is 35.5 Å². The minimum Gasteiger partial charge on any atom is -0.393 e. The van der Waals surface area contributed by atoms with Crippen molar-refractivity contribution in [3.63, 3.8) is 0 Å². The highest BCUT2D eigenvalue weighted by Gasteiger charge is 2.51. The molecule has 0 aromatic carbocycles. The summed E-state index contributed by atoms with van der Waals surface area (Å²) in [6.07, 6.45) is 15.1. The van der Waals surface area contributed by atoms with Gasteiger partial charge in [0.05, 0.1) is 17.8 Å². The molecule has 0 radical (unpaired) electrons. The number of halogens is 1. The van der Waals surface area contributed by atoms with Gasteiger partial charge in [0.15, 0.2) is 0 Å². The molecule has 7 atom stereocenters. The fraction of sp³-hybridized carbons (Fsp3) is 0.806. The van der Waals surface area contributed by atoms with Gasteiger partial charge in [-0.25, -0.2) is 4.39 Å². The van der Waals surface area contributed by atoms with E-state index in [4.69, 9.17) is 0 Å². The van der Waals surface area contributed by atoms with Gasteiger partial charge in [-0.1, -0.05) is 56.9 Å². The second kappa shape index (κ2) is 12.0. The first kappa shape index (κ1) is 28.6. The lowest BCUT2D eigenvalue weighted by Crippen LogP contribution is -2.37. The standard InChI is InChI=1S/C31H51FO3/c1-21(33)9-6-10-23(11-7-17-30(3,4)35)27-15-16-28-24(12-8-18-31(27,28)5)13-14-25-19-26(34)20-29(32)22(25)2/h13-14,21,23,26-29,33-35H,2,6-12,15-20H2,1,3-5H3/b24-13+,25-14-/t21?,23?,26-,27-,28?,29+,31-/m1/s1. The van der Waals surface area contributed by atoms with Gasteiger partial charge in [-0.2, -0.15) is 0 Å². The molecule has 0 aromatic rings. The van der Waals surface area contributed by atoms with Gasteiger partial charge in [-0.15, -0.1) is 0 Å². The second-order valence-electron chi connectivity index (χ2n) is 12.9. The van der Waals surface area contributed by atoms with Gasteiger partial charge in [0, 0.05) is 6.42 Å². The van der Waals surface area contributed by atoms with Crippen molar-refractivity contribution < 1.29 is 19.7 Å². The van der Waals surface area contributed by atoms with Crippen LogP contribution < -0.4 is 0 Å². The molecular formula is C31H51FO3. The summed E-state index contributed by atoms with van der Waals surface area (Å²) in [6.45, 7) is 12.2. The predicted octanol–water partition coefficient (Wildman–Crippen LogP) is 7.21.